The van der Waals surface area contributed by atoms with Gasteiger partial charge in [-0.1, -0.05) is 0 Å². The number of alkyl halides is 1. The van der Waals surface area contributed by atoms with E-state index in [-0.39, 0.29) is 6.04 Å². The van der Waals surface area contributed by atoms with Crippen LogP contribution >= 0.6 is 0 Å². The summed E-state index contributed by atoms with van der Waals surface area (Å²) in [7, 11) is 0. The molecule has 1 aliphatic rings. The van der Waals surface area contributed by atoms with Gasteiger partial charge < -0.3 is 10.1 Å². The van der Waals surface area contributed by atoms with Gasteiger partial charge in [0.25, 0.3) is 0 Å². The van der Waals surface area contributed by atoms with Crippen molar-refractivity contribution in [3.8, 4) is 0 Å². The third kappa shape index (κ3) is 1.55. The fourth-order valence-corrected chi connectivity index (χ4v) is 0.713. The number of alkyl carbamates (subject to hydrolysis) is 1. The van der Waals surface area contributed by atoms with Crippen LogP contribution in [0.5, 0.6) is 0 Å². The Morgan fingerprint density at radius 1 is 1.89 bits per heavy atom. The monoisotopic (exact) mass is 133 g/mol. The Balaban J connectivity index is 2.22. The zero-order valence-corrected chi connectivity index (χ0v) is 4.89. The summed E-state index contributed by atoms with van der Waals surface area (Å²) in [6, 6.07) is -0.109. The maximum absolute atomic E-state index is 11.6. The van der Waals surface area contributed by atoms with Gasteiger partial charge in [-0.2, -0.15) is 0 Å². The average Bonchev–Trinajstić information content (AvgIpc) is 2.17. The number of halogens is 1. The second-order valence-corrected chi connectivity index (χ2v) is 1.92. The maximum Gasteiger partial charge on any atom is 0.407 e. The van der Waals surface area contributed by atoms with Crippen LogP contribution in [-0.2, 0) is 4.74 Å². The highest BCUT2D eigenvalue weighted by molar-refractivity contribution is 5.69. The first kappa shape index (κ1) is 6.32. The molecule has 9 heavy (non-hydrogen) atoms. The first-order valence-corrected chi connectivity index (χ1v) is 2.82. The predicted octanol–water partition coefficient (Wildman–Crippen LogP) is 0.454. The van der Waals surface area contributed by atoms with E-state index < -0.39 is 12.8 Å². The number of cyclic esters (lactones) is 1. The Morgan fingerprint density at radius 3 is 3.11 bits per heavy atom. The highest BCUT2D eigenvalue weighted by Gasteiger charge is 2.20. The van der Waals surface area contributed by atoms with E-state index in [4.69, 9.17) is 0 Å². The summed E-state index contributed by atoms with van der Waals surface area (Å²) in [4.78, 5) is 10.3. The Morgan fingerprint density at radius 2 is 2.67 bits per heavy atom. The molecule has 0 aromatic rings. The molecule has 52 valence electrons. The molecule has 1 saturated heterocycles. The van der Waals surface area contributed by atoms with Gasteiger partial charge in [-0.25, -0.2) is 4.79 Å². The quantitative estimate of drug-likeness (QED) is 0.594. The van der Waals surface area contributed by atoms with E-state index in [1.54, 1.807) is 0 Å². The number of rotatable bonds is 2. The second kappa shape index (κ2) is 2.66. The number of hydrogen-bond donors (Lipinski definition) is 1. The fraction of sp³-hybridized carbons (Fsp3) is 0.800. The smallest absolute Gasteiger partial charge is 0.407 e. The lowest BCUT2D eigenvalue weighted by Gasteiger charge is -2.00. The minimum Gasteiger partial charge on any atom is -0.447 e. The molecule has 1 atom stereocenters. The summed E-state index contributed by atoms with van der Waals surface area (Å²) in [6.45, 7) is -0.100. The first-order valence-electron chi connectivity index (χ1n) is 2.82. The van der Waals surface area contributed by atoms with Crippen LogP contribution in [0, 0.1) is 0 Å². The van der Waals surface area contributed by atoms with Crippen molar-refractivity contribution >= 4 is 6.09 Å². The molecule has 1 heterocycles. The second-order valence-electron chi connectivity index (χ2n) is 1.92. The standard InChI is InChI=1S/C5H8FNO2/c6-2-1-4-3-9-5(8)7-4/h4H,1-3H2,(H,7,8)/t4-/m1/s1. The molecular formula is C5H8FNO2. The van der Waals surface area contributed by atoms with Crippen molar-refractivity contribution in [3.05, 3.63) is 0 Å². The van der Waals surface area contributed by atoms with E-state index in [1.807, 2.05) is 0 Å². The van der Waals surface area contributed by atoms with Crippen molar-refractivity contribution in [2.24, 2.45) is 0 Å². The molecule has 0 aromatic heterocycles. The van der Waals surface area contributed by atoms with Crippen molar-refractivity contribution in [2.75, 3.05) is 13.3 Å². The number of nitrogens with one attached hydrogen (secondary N) is 1. The minimum absolute atomic E-state index is 0.109. The van der Waals surface area contributed by atoms with E-state index in [2.05, 4.69) is 10.1 Å². The third-order valence-electron chi connectivity index (χ3n) is 1.20. The van der Waals surface area contributed by atoms with Gasteiger partial charge in [-0.05, 0) is 6.42 Å². The lowest BCUT2D eigenvalue weighted by molar-refractivity contribution is 0.176. The van der Waals surface area contributed by atoms with Crippen LogP contribution in [0.25, 0.3) is 0 Å². The molecule has 0 aromatic carbocycles. The van der Waals surface area contributed by atoms with Gasteiger partial charge in [0.15, 0.2) is 0 Å². The zero-order valence-electron chi connectivity index (χ0n) is 4.89. The van der Waals surface area contributed by atoms with E-state index >= 15 is 0 Å². The minimum atomic E-state index is -0.437. The molecular weight excluding hydrogens is 125 g/mol. The van der Waals surface area contributed by atoms with Crippen molar-refractivity contribution in [1.29, 1.82) is 0 Å². The van der Waals surface area contributed by atoms with Crippen molar-refractivity contribution in [1.82, 2.24) is 5.32 Å². The van der Waals surface area contributed by atoms with E-state index in [0.717, 1.165) is 0 Å². The van der Waals surface area contributed by atoms with Crippen LogP contribution in [0.2, 0.25) is 0 Å². The van der Waals surface area contributed by atoms with Gasteiger partial charge in [0, 0.05) is 0 Å². The highest BCUT2D eigenvalue weighted by atomic mass is 19.1. The van der Waals surface area contributed by atoms with Crippen LogP contribution < -0.4 is 5.32 Å². The summed E-state index contributed by atoms with van der Waals surface area (Å²) in [5, 5.41) is 2.45. The highest BCUT2D eigenvalue weighted by Crippen LogP contribution is 2.01. The number of hydrogen-bond acceptors (Lipinski definition) is 2. The van der Waals surface area contributed by atoms with Gasteiger partial charge >= 0.3 is 6.09 Å². The van der Waals surface area contributed by atoms with Gasteiger partial charge in [0.1, 0.15) is 6.61 Å². The molecule has 4 heteroatoms. The fourth-order valence-electron chi connectivity index (χ4n) is 0.713. The SMILES string of the molecule is O=C1N[C@H](CCF)CO1. The van der Waals surface area contributed by atoms with Crippen molar-refractivity contribution < 1.29 is 13.9 Å². The first-order chi connectivity index (χ1) is 4.33. The molecule has 3 nitrogen and oxygen atoms in total. The van der Waals surface area contributed by atoms with E-state index in [1.165, 1.54) is 0 Å². The molecule has 0 aliphatic carbocycles. The van der Waals surface area contributed by atoms with Crippen molar-refractivity contribution in [2.45, 2.75) is 12.5 Å². The Labute approximate surface area is 52.2 Å². The largest absolute Gasteiger partial charge is 0.447 e. The van der Waals surface area contributed by atoms with Gasteiger partial charge in [0.2, 0.25) is 0 Å². The molecule has 0 radical (unpaired) electrons. The molecule has 1 N–H and O–H groups in total. The molecule has 1 fully saturated rings. The van der Waals surface area contributed by atoms with Crippen LogP contribution in [-0.4, -0.2) is 25.4 Å². The number of carbonyl (C=O) groups is 1. The lowest BCUT2D eigenvalue weighted by atomic mass is 10.2. The van der Waals surface area contributed by atoms with Gasteiger partial charge in [-0.3, -0.25) is 4.39 Å². The summed E-state index contributed by atoms with van der Waals surface area (Å²) in [6.07, 6.45) is -0.0837. The van der Waals surface area contributed by atoms with Crippen molar-refractivity contribution in [3.63, 3.8) is 0 Å². The molecule has 0 saturated carbocycles. The number of ether oxygens (including phenoxy) is 1. The molecule has 0 bridgehead atoms. The van der Waals surface area contributed by atoms with Crippen LogP contribution in [0.15, 0.2) is 0 Å². The Hall–Kier alpha value is -0.800. The third-order valence-corrected chi connectivity index (χ3v) is 1.20. The molecule has 1 aliphatic heterocycles. The van der Waals surface area contributed by atoms with Gasteiger partial charge in [-0.15, -0.1) is 0 Å². The maximum atomic E-state index is 11.6. The summed E-state index contributed by atoms with van der Waals surface area (Å²) < 4.78 is 16.1. The lowest BCUT2D eigenvalue weighted by Crippen LogP contribution is -2.26. The topological polar surface area (TPSA) is 38.3 Å². The number of carbonyl (C=O) groups excluding carboxylic acids is 1. The van der Waals surface area contributed by atoms with Crippen LogP contribution in [0.4, 0.5) is 9.18 Å². The van der Waals surface area contributed by atoms with E-state index in [0.29, 0.717) is 13.0 Å². The summed E-state index contributed by atoms with van der Waals surface area (Å²) in [5.74, 6) is 0. The van der Waals surface area contributed by atoms with Gasteiger partial charge in [0.05, 0.1) is 12.7 Å². The molecule has 1 rings (SSSR count). The zero-order chi connectivity index (χ0) is 6.69. The Bertz CT molecular complexity index is 118. The number of amides is 1. The Kier molecular flexibility index (Phi) is 1.87. The molecule has 1 amide bonds. The van der Waals surface area contributed by atoms with Crippen LogP contribution in [0.3, 0.4) is 0 Å². The molecule has 0 spiro atoms. The predicted molar refractivity (Wildman–Crippen MR) is 28.9 cm³/mol. The molecule has 0 unspecified atom stereocenters. The normalized spacial score (nSPS) is 25.4. The summed E-state index contributed by atoms with van der Waals surface area (Å²) >= 11 is 0. The van der Waals surface area contributed by atoms with E-state index in [9.17, 15) is 9.18 Å². The average molecular weight is 133 g/mol. The van der Waals surface area contributed by atoms with Crippen LogP contribution in [0.1, 0.15) is 6.42 Å². The summed E-state index contributed by atoms with van der Waals surface area (Å²) in [5.41, 5.74) is 0.